The molecule has 4 rings (SSSR count). The van der Waals surface area contributed by atoms with Crippen molar-refractivity contribution in [3.8, 4) is 11.5 Å². The van der Waals surface area contributed by atoms with Crippen molar-refractivity contribution in [1.29, 1.82) is 0 Å². The molecule has 34 heavy (non-hydrogen) atoms. The van der Waals surface area contributed by atoms with Crippen molar-refractivity contribution in [2.45, 2.75) is 12.8 Å². The molecular weight excluding hydrogens is 471 g/mol. The van der Waals surface area contributed by atoms with Gasteiger partial charge in [-0.05, 0) is 54.1 Å². The molecule has 1 aliphatic heterocycles. The van der Waals surface area contributed by atoms with Gasteiger partial charge in [-0.3, -0.25) is 0 Å². The number of carbonyl (C=O) groups is 1. The van der Waals surface area contributed by atoms with Gasteiger partial charge in [0.2, 0.25) is 0 Å². The average Bonchev–Trinajstić information content (AvgIpc) is 2.84. The molecule has 0 bridgehead atoms. The number of pyridine rings is 1. The molecule has 3 aromatic rings. The highest BCUT2D eigenvalue weighted by Crippen LogP contribution is 2.31. The van der Waals surface area contributed by atoms with E-state index < -0.39 is 17.8 Å². The Kier molecular flexibility index (Phi) is 7.12. The number of hydrogen-bond acceptors (Lipinski definition) is 5. The van der Waals surface area contributed by atoms with Gasteiger partial charge in [0.15, 0.2) is 0 Å². The Balaban J connectivity index is 1.28. The molecule has 178 valence electrons. The summed E-state index contributed by atoms with van der Waals surface area (Å²) < 4.78 is 50.1. The molecule has 0 N–H and O–H groups in total. The zero-order chi connectivity index (χ0) is 24.1. The number of piperazine rings is 1. The molecule has 1 aromatic heterocycles. The van der Waals surface area contributed by atoms with E-state index in [1.807, 2.05) is 6.07 Å². The summed E-state index contributed by atoms with van der Waals surface area (Å²) in [4.78, 5) is 19.8. The van der Waals surface area contributed by atoms with Gasteiger partial charge in [0, 0.05) is 37.4 Å². The highest BCUT2D eigenvalue weighted by Gasteiger charge is 2.32. The summed E-state index contributed by atoms with van der Waals surface area (Å²) in [6, 6.07) is 16.1. The second-order valence-corrected chi connectivity index (χ2v) is 8.07. The number of carbonyl (C=O) groups excluding carboxylic acids is 1. The third-order valence-electron chi connectivity index (χ3n) is 5.24. The number of ether oxygens (including phenoxy) is 2. The van der Waals surface area contributed by atoms with Crippen LogP contribution in [0, 0.1) is 0 Å². The minimum atomic E-state index is -4.43. The summed E-state index contributed by atoms with van der Waals surface area (Å²) in [5.74, 6) is 1.46. The number of nitrogens with zero attached hydrogens (tertiary/aromatic N) is 3. The van der Waals surface area contributed by atoms with Gasteiger partial charge in [0.1, 0.15) is 23.9 Å². The van der Waals surface area contributed by atoms with E-state index >= 15 is 0 Å². The third-order valence-corrected chi connectivity index (χ3v) is 5.50. The summed E-state index contributed by atoms with van der Waals surface area (Å²) in [6.07, 6.45) is -3.77. The average molecular weight is 492 g/mol. The molecule has 0 unspecified atom stereocenters. The number of rotatable bonds is 5. The van der Waals surface area contributed by atoms with Gasteiger partial charge in [0.05, 0.1) is 5.56 Å². The topological polar surface area (TPSA) is 54.9 Å². The second-order valence-electron chi connectivity index (χ2n) is 7.63. The first-order valence-corrected chi connectivity index (χ1v) is 10.9. The van der Waals surface area contributed by atoms with Crippen LogP contribution in [0.5, 0.6) is 11.5 Å². The lowest BCUT2D eigenvalue weighted by atomic mass is 10.2. The lowest BCUT2D eigenvalue weighted by molar-refractivity contribution is -0.137. The van der Waals surface area contributed by atoms with Crippen LogP contribution < -0.4 is 9.64 Å². The Labute approximate surface area is 199 Å². The summed E-state index contributed by atoms with van der Waals surface area (Å²) in [6.45, 7) is 1.40. The van der Waals surface area contributed by atoms with E-state index in [4.69, 9.17) is 21.1 Å². The van der Waals surface area contributed by atoms with Crippen molar-refractivity contribution < 1.29 is 27.4 Å². The van der Waals surface area contributed by atoms with Crippen LogP contribution in [0.4, 0.5) is 23.8 Å². The Morgan fingerprint density at radius 1 is 0.971 bits per heavy atom. The minimum absolute atomic E-state index is 0.0616. The fourth-order valence-electron chi connectivity index (χ4n) is 3.46. The first-order chi connectivity index (χ1) is 16.3. The predicted octanol–water partition coefficient (Wildman–Crippen LogP) is 6.00. The molecule has 6 nitrogen and oxygen atoms in total. The van der Waals surface area contributed by atoms with Crippen LogP contribution in [0.3, 0.4) is 0 Å². The van der Waals surface area contributed by atoms with Crippen molar-refractivity contribution in [2.75, 3.05) is 31.1 Å². The van der Waals surface area contributed by atoms with Crippen molar-refractivity contribution in [3.05, 3.63) is 83.0 Å². The Morgan fingerprint density at radius 3 is 2.41 bits per heavy atom. The normalized spacial score (nSPS) is 14.1. The second kappa shape index (κ2) is 10.2. The van der Waals surface area contributed by atoms with Gasteiger partial charge in [-0.25, -0.2) is 9.78 Å². The molecular formula is C24H21ClF3N3O3. The number of benzene rings is 2. The van der Waals surface area contributed by atoms with Gasteiger partial charge in [-0.1, -0.05) is 23.7 Å². The summed E-state index contributed by atoms with van der Waals surface area (Å²) >= 11 is 5.88. The Hall–Kier alpha value is -3.46. The Morgan fingerprint density at radius 2 is 1.71 bits per heavy atom. The first-order valence-electron chi connectivity index (χ1n) is 10.5. The van der Waals surface area contributed by atoms with Gasteiger partial charge in [-0.15, -0.1) is 0 Å². The quantitative estimate of drug-likeness (QED) is 0.438. The fourth-order valence-corrected chi connectivity index (χ4v) is 3.59. The molecule has 1 saturated heterocycles. The smallest absolute Gasteiger partial charge is 0.416 e. The standard InChI is InChI=1S/C24H21ClF3N3O3/c25-19-4-6-20(7-5-19)34-21-3-1-2-17(14-21)16-33-23(32)31-12-10-30(11-13-31)22-15-18(8-9-29-22)24(26,27)28/h1-9,14-15H,10-13,16H2. The van der Waals surface area contributed by atoms with Crippen molar-refractivity contribution in [3.63, 3.8) is 0 Å². The first kappa shape index (κ1) is 23.7. The van der Waals surface area contributed by atoms with Gasteiger partial charge >= 0.3 is 12.3 Å². The van der Waals surface area contributed by atoms with Crippen molar-refractivity contribution in [2.24, 2.45) is 0 Å². The summed E-state index contributed by atoms with van der Waals surface area (Å²) in [7, 11) is 0. The van der Waals surface area contributed by atoms with E-state index in [1.54, 1.807) is 47.4 Å². The highest BCUT2D eigenvalue weighted by atomic mass is 35.5. The molecule has 0 atom stereocenters. The number of aromatic nitrogens is 1. The number of hydrogen-bond donors (Lipinski definition) is 0. The SMILES string of the molecule is O=C(OCc1cccc(Oc2ccc(Cl)cc2)c1)N1CCN(c2cc(C(F)(F)F)ccn2)CC1. The maximum Gasteiger partial charge on any atom is 0.416 e. The summed E-state index contributed by atoms with van der Waals surface area (Å²) in [5.41, 5.74) is 0.00762. The van der Waals surface area contributed by atoms with Crippen LogP contribution in [-0.2, 0) is 17.5 Å². The zero-order valence-corrected chi connectivity index (χ0v) is 18.7. The molecule has 1 aliphatic rings. The number of halogens is 4. The molecule has 10 heteroatoms. The van der Waals surface area contributed by atoms with E-state index in [1.165, 1.54) is 4.90 Å². The lowest BCUT2D eigenvalue weighted by Gasteiger charge is -2.34. The molecule has 0 saturated carbocycles. The van der Waals surface area contributed by atoms with Crippen LogP contribution in [0.1, 0.15) is 11.1 Å². The lowest BCUT2D eigenvalue weighted by Crippen LogP contribution is -2.49. The maximum absolute atomic E-state index is 12.9. The fraction of sp³-hybridized carbons (Fsp3) is 0.250. The van der Waals surface area contributed by atoms with Crippen molar-refractivity contribution >= 4 is 23.5 Å². The summed E-state index contributed by atoms with van der Waals surface area (Å²) in [5, 5.41) is 0.611. The van der Waals surface area contributed by atoms with E-state index in [-0.39, 0.29) is 12.4 Å². The van der Waals surface area contributed by atoms with Crippen molar-refractivity contribution in [1.82, 2.24) is 9.88 Å². The number of amides is 1. The largest absolute Gasteiger partial charge is 0.457 e. The van der Waals surface area contributed by atoms with E-state index in [0.29, 0.717) is 42.7 Å². The van der Waals surface area contributed by atoms with Crippen LogP contribution >= 0.6 is 11.6 Å². The van der Waals surface area contributed by atoms with E-state index in [0.717, 1.165) is 23.9 Å². The molecule has 0 spiro atoms. The third kappa shape index (κ3) is 6.11. The predicted molar refractivity (Wildman–Crippen MR) is 121 cm³/mol. The zero-order valence-electron chi connectivity index (χ0n) is 18.0. The highest BCUT2D eigenvalue weighted by molar-refractivity contribution is 6.30. The maximum atomic E-state index is 12.9. The van der Waals surface area contributed by atoms with Gasteiger partial charge in [0.25, 0.3) is 0 Å². The van der Waals surface area contributed by atoms with Crippen LogP contribution in [0.2, 0.25) is 5.02 Å². The number of anilines is 1. The van der Waals surface area contributed by atoms with Gasteiger partial charge < -0.3 is 19.3 Å². The molecule has 1 amide bonds. The number of alkyl halides is 3. The monoisotopic (exact) mass is 491 g/mol. The van der Waals surface area contributed by atoms with Crippen LogP contribution in [0.25, 0.3) is 0 Å². The van der Waals surface area contributed by atoms with Crippen LogP contribution in [0.15, 0.2) is 66.9 Å². The van der Waals surface area contributed by atoms with Crippen LogP contribution in [-0.4, -0.2) is 42.2 Å². The molecule has 2 aromatic carbocycles. The minimum Gasteiger partial charge on any atom is -0.457 e. The Bertz CT molecular complexity index is 1130. The van der Waals surface area contributed by atoms with E-state index in [9.17, 15) is 18.0 Å². The molecule has 1 fully saturated rings. The molecule has 2 heterocycles. The molecule has 0 aliphatic carbocycles. The van der Waals surface area contributed by atoms with E-state index in [2.05, 4.69) is 4.98 Å². The molecule has 0 radical (unpaired) electrons. The van der Waals surface area contributed by atoms with Gasteiger partial charge in [-0.2, -0.15) is 13.2 Å².